The van der Waals surface area contributed by atoms with Crippen LogP contribution in [-0.2, 0) is 0 Å². The molecule has 3 N–H and O–H groups in total. The average Bonchev–Trinajstić information content (AvgIpc) is 3.09. The predicted molar refractivity (Wildman–Crippen MR) is 91.5 cm³/mol. The first-order valence-electron chi connectivity index (χ1n) is 8.26. The minimum absolute atomic E-state index is 0.0347. The summed E-state index contributed by atoms with van der Waals surface area (Å²) in [6.45, 7) is 3.59. The van der Waals surface area contributed by atoms with Crippen LogP contribution in [0.3, 0.4) is 0 Å². The quantitative estimate of drug-likeness (QED) is 0.660. The summed E-state index contributed by atoms with van der Waals surface area (Å²) in [5.41, 5.74) is 1.17. The normalized spacial score (nSPS) is 22.8. The molecule has 1 fully saturated rings. The number of quaternary nitrogens is 1. The Kier molecular flexibility index (Phi) is 3.99. The van der Waals surface area contributed by atoms with Crippen molar-refractivity contribution in [2.24, 2.45) is 0 Å². The van der Waals surface area contributed by atoms with Gasteiger partial charge in [0.25, 0.3) is 0 Å². The standard InChI is InChI=1S/C17H20N4O2S/c1-11-18-17-21(19-11)16(23)15(24-17)14(12-5-3-2-4-6-12)20-9-7-13(22)8-10-20/h2-6,13-14,22-23H,7-10H2,1H3/p+1/t14-/m0/s1. The van der Waals surface area contributed by atoms with E-state index in [-0.39, 0.29) is 18.0 Å². The van der Waals surface area contributed by atoms with Gasteiger partial charge in [-0.2, -0.15) is 4.52 Å². The molecule has 0 saturated carbocycles. The van der Waals surface area contributed by atoms with E-state index in [4.69, 9.17) is 0 Å². The third kappa shape index (κ3) is 2.68. The maximum Gasteiger partial charge on any atom is 0.235 e. The van der Waals surface area contributed by atoms with E-state index in [1.165, 1.54) is 26.3 Å². The highest BCUT2D eigenvalue weighted by molar-refractivity contribution is 7.17. The Bertz CT molecular complexity index is 837. The Labute approximate surface area is 144 Å². The molecule has 1 saturated heterocycles. The highest BCUT2D eigenvalue weighted by Gasteiger charge is 2.34. The van der Waals surface area contributed by atoms with Crippen LogP contribution >= 0.6 is 11.3 Å². The number of aromatic nitrogens is 3. The third-order valence-electron chi connectivity index (χ3n) is 4.71. The highest BCUT2D eigenvalue weighted by atomic mass is 32.1. The fourth-order valence-corrected chi connectivity index (χ4v) is 4.70. The van der Waals surface area contributed by atoms with E-state index in [1.54, 1.807) is 0 Å². The van der Waals surface area contributed by atoms with Crippen LogP contribution in [0.5, 0.6) is 5.88 Å². The topological polar surface area (TPSA) is 75.1 Å². The number of aliphatic hydroxyl groups excluding tert-OH is 1. The monoisotopic (exact) mass is 345 g/mol. The Morgan fingerprint density at radius 3 is 2.62 bits per heavy atom. The largest absolute Gasteiger partial charge is 0.492 e. The first-order valence-corrected chi connectivity index (χ1v) is 9.07. The predicted octanol–water partition coefficient (Wildman–Crippen LogP) is 0.934. The molecule has 126 valence electrons. The number of rotatable bonds is 3. The van der Waals surface area contributed by atoms with E-state index in [0.29, 0.717) is 5.82 Å². The molecular formula is C17H21N4O2S+. The maximum atomic E-state index is 10.7. The summed E-state index contributed by atoms with van der Waals surface area (Å²) >= 11 is 1.50. The molecule has 1 atom stereocenters. The summed E-state index contributed by atoms with van der Waals surface area (Å²) in [6.07, 6.45) is 1.38. The number of piperidine rings is 1. The van der Waals surface area contributed by atoms with Gasteiger partial charge in [-0.05, 0) is 6.92 Å². The lowest BCUT2D eigenvalue weighted by atomic mass is 9.99. The van der Waals surface area contributed by atoms with Gasteiger partial charge in [0.15, 0.2) is 6.04 Å². The molecule has 3 heterocycles. The fourth-order valence-electron chi connectivity index (χ4n) is 3.52. The first kappa shape index (κ1) is 15.6. The van der Waals surface area contributed by atoms with Crippen LogP contribution in [0.2, 0.25) is 0 Å². The zero-order valence-electron chi connectivity index (χ0n) is 13.5. The second kappa shape index (κ2) is 6.16. The van der Waals surface area contributed by atoms with Crippen molar-refractivity contribution in [3.05, 3.63) is 46.6 Å². The van der Waals surface area contributed by atoms with Crippen molar-refractivity contribution in [1.29, 1.82) is 0 Å². The number of nitrogens with zero attached hydrogens (tertiary/aromatic N) is 3. The number of nitrogens with one attached hydrogen (secondary N) is 1. The Hall–Kier alpha value is -1.96. The van der Waals surface area contributed by atoms with Crippen molar-refractivity contribution in [3.8, 4) is 5.88 Å². The SMILES string of the molecule is Cc1nc2sc([C@H](c3ccccc3)[NH+]3CCC(O)CC3)c(O)n2n1. The Balaban J connectivity index is 1.79. The average molecular weight is 345 g/mol. The lowest BCUT2D eigenvalue weighted by molar-refractivity contribution is -0.931. The minimum atomic E-state index is -0.205. The van der Waals surface area contributed by atoms with Gasteiger partial charge in [-0.15, -0.1) is 5.10 Å². The molecule has 0 unspecified atom stereocenters. The van der Waals surface area contributed by atoms with Gasteiger partial charge < -0.3 is 15.1 Å². The zero-order chi connectivity index (χ0) is 16.7. The molecule has 3 aromatic rings. The summed E-state index contributed by atoms with van der Waals surface area (Å²) in [4.78, 5) is 7.36. The molecule has 0 spiro atoms. The lowest BCUT2D eigenvalue weighted by Gasteiger charge is -2.33. The number of hydrogen-bond acceptors (Lipinski definition) is 5. The van der Waals surface area contributed by atoms with Gasteiger partial charge in [-0.25, -0.2) is 4.98 Å². The van der Waals surface area contributed by atoms with Crippen LogP contribution in [0.25, 0.3) is 4.96 Å². The fraction of sp³-hybridized carbons (Fsp3) is 0.412. The van der Waals surface area contributed by atoms with Crippen molar-refractivity contribution in [3.63, 3.8) is 0 Å². The van der Waals surface area contributed by atoms with Crippen LogP contribution in [-0.4, -0.2) is 44.0 Å². The molecule has 6 nitrogen and oxygen atoms in total. The van der Waals surface area contributed by atoms with Gasteiger partial charge in [0.2, 0.25) is 10.8 Å². The second-order valence-corrected chi connectivity index (χ2v) is 7.39. The molecule has 7 heteroatoms. The Morgan fingerprint density at radius 2 is 1.96 bits per heavy atom. The molecule has 2 aromatic heterocycles. The summed E-state index contributed by atoms with van der Waals surface area (Å²) in [6, 6.07) is 10.3. The number of fused-ring (bicyclic) bond motifs is 1. The third-order valence-corrected chi connectivity index (χ3v) is 5.79. The number of likely N-dealkylation sites (tertiary alicyclic amines) is 1. The van der Waals surface area contributed by atoms with Crippen molar-refractivity contribution in [2.45, 2.75) is 31.9 Å². The number of aliphatic hydroxyl groups is 1. The van der Waals surface area contributed by atoms with E-state index in [9.17, 15) is 10.2 Å². The number of hydrogen-bond donors (Lipinski definition) is 3. The van der Waals surface area contributed by atoms with E-state index < -0.39 is 0 Å². The van der Waals surface area contributed by atoms with E-state index in [2.05, 4.69) is 22.2 Å². The molecule has 24 heavy (non-hydrogen) atoms. The number of benzene rings is 1. The molecule has 1 aliphatic rings. The first-order chi connectivity index (χ1) is 11.6. The summed E-state index contributed by atoms with van der Waals surface area (Å²) < 4.78 is 1.53. The number of aromatic hydroxyl groups is 1. The van der Waals surface area contributed by atoms with Crippen molar-refractivity contribution >= 4 is 16.3 Å². The zero-order valence-corrected chi connectivity index (χ0v) is 14.3. The molecule has 4 rings (SSSR count). The van der Waals surface area contributed by atoms with Gasteiger partial charge in [-0.3, -0.25) is 0 Å². The summed E-state index contributed by atoms with van der Waals surface area (Å²) in [5, 5.41) is 24.8. The van der Waals surface area contributed by atoms with Gasteiger partial charge in [0.05, 0.1) is 19.2 Å². The summed E-state index contributed by atoms with van der Waals surface area (Å²) in [7, 11) is 0. The van der Waals surface area contributed by atoms with Crippen LogP contribution in [0.1, 0.15) is 35.1 Å². The smallest absolute Gasteiger partial charge is 0.235 e. The number of aryl methyl sites for hydroxylation is 1. The number of thiazole rings is 1. The van der Waals surface area contributed by atoms with Gasteiger partial charge in [-0.1, -0.05) is 41.7 Å². The van der Waals surface area contributed by atoms with E-state index >= 15 is 0 Å². The minimum Gasteiger partial charge on any atom is -0.492 e. The molecule has 0 radical (unpaired) electrons. The summed E-state index contributed by atoms with van der Waals surface area (Å²) in [5.74, 6) is 0.843. The van der Waals surface area contributed by atoms with Crippen LogP contribution in [0.4, 0.5) is 0 Å². The van der Waals surface area contributed by atoms with Crippen molar-refractivity contribution in [1.82, 2.24) is 14.6 Å². The lowest BCUT2D eigenvalue weighted by Crippen LogP contribution is -3.13. The van der Waals surface area contributed by atoms with Gasteiger partial charge >= 0.3 is 0 Å². The van der Waals surface area contributed by atoms with E-state index in [0.717, 1.165) is 35.8 Å². The van der Waals surface area contributed by atoms with Crippen molar-refractivity contribution < 1.29 is 15.1 Å². The maximum absolute atomic E-state index is 10.7. The van der Waals surface area contributed by atoms with Crippen molar-refractivity contribution in [2.75, 3.05) is 13.1 Å². The highest BCUT2D eigenvalue weighted by Crippen LogP contribution is 2.35. The molecular weight excluding hydrogens is 324 g/mol. The van der Waals surface area contributed by atoms with Crippen LogP contribution in [0.15, 0.2) is 30.3 Å². The molecule has 0 amide bonds. The Morgan fingerprint density at radius 1 is 1.25 bits per heavy atom. The molecule has 0 bridgehead atoms. The molecule has 1 aromatic carbocycles. The second-order valence-electron chi connectivity index (χ2n) is 6.38. The molecule has 0 aliphatic carbocycles. The van der Waals surface area contributed by atoms with E-state index in [1.807, 2.05) is 25.1 Å². The van der Waals surface area contributed by atoms with Gasteiger partial charge in [0, 0.05) is 18.4 Å². The van der Waals surface area contributed by atoms with Gasteiger partial charge in [0.1, 0.15) is 10.7 Å². The van der Waals surface area contributed by atoms with Crippen LogP contribution in [0, 0.1) is 6.92 Å². The molecule has 1 aliphatic heterocycles. The van der Waals surface area contributed by atoms with Crippen LogP contribution < -0.4 is 4.90 Å².